The summed E-state index contributed by atoms with van der Waals surface area (Å²) in [5, 5.41) is 13.0. The molecule has 0 saturated heterocycles. The minimum atomic E-state index is -1.03. The van der Waals surface area contributed by atoms with Crippen LogP contribution in [0.5, 0.6) is 0 Å². The zero-order valence-corrected chi connectivity index (χ0v) is 10.2. The minimum Gasteiger partial charge on any atom is -0.478 e. The van der Waals surface area contributed by atoms with Crippen molar-refractivity contribution in [3.05, 3.63) is 54.4 Å². The summed E-state index contributed by atoms with van der Waals surface area (Å²) >= 11 is 0. The van der Waals surface area contributed by atoms with Gasteiger partial charge in [-0.3, -0.25) is 4.98 Å². The van der Waals surface area contributed by atoms with Crippen LogP contribution in [0.1, 0.15) is 10.4 Å². The van der Waals surface area contributed by atoms with Crippen LogP contribution in [0.2, 0.25) is 0 Å². The van der Waals surface area contributed by atoms with Crippen molar-refractivity contribution in [3.8, 4) is 22.8 Å². The van der Waals surface area contributed by atoms with Gasteiger partial charge in [0, 0.05) is 23.5 Å². The maximum atomic E-state index is 11.2. The quantitative estimate of drug-likeness (QED) is 0.784. The van der Waals surface area contributed by atoms with E-state index in [9.17, 15) is 4.79 Å². The van der Waals surface area contributed by atoms with Crippen molar-refractivity contribution in [2.45, 2.75) is 0 Å². The molecule has 0 saturated carbocycles. The predicted octanol–water partition coefficient (Wildman–Crippen LogP) is 2.50. The number of aromatic carboxylic acids is 1. The predicted molar refractivity (Wildman–Crippen MR) is 69.9 cm³/mol. The molecule has 0 bridgehead atoms. The maximum absolute atomic E-state index is 11.2. The smallest absolute Gasteiger partial charge is 0.336 e. The van der Waals surface area contributed by atoms with E-state index in [1.807, 2.05) is 0 Å². The Kier molecular flexibility index (Phi) is 2.96. The Hall–Kier alpha value is -3.02. The van der Waals surface area contributed by atoms with Crippen LogP contribution in [-0.4, -0.2) is 26.2 Å². The fraction of sp³-hybridized carbons (Fsp3) is 0. The molecule has 0 aliphatic rings. The number of carboxylic acid groups (broad SMARTS) is 1. The molecule has 2 aromatic heterocycles. The van der Waals surface area contributed by atoms with Crippen molar-refractivity contribution in [2.24, 2.45) is 0 Å². The highest BCUT2D eigenvalue weighted by atomic mass is 16.5. The van der Waals surface area contributed by atoms with E-state index in [1.165, 1.54) is 6.07 Å². The van der Waals surface area contributed by atoms with Crippen LogP contribution in [-0.2, 0) is 0 Å². The first-order valence-corrected chi connectivity index (χ1v) is 5.82. The zero-order valence-electron chi connectivity index (χ0n) is 10.2. The van der Waals surface area contributed by atoms with Gasteiger partial charge in [-0.25, -0.2) is 4.79 Å². The van der Waals surface area contributed by atoms with Crippen LogP contribution < -0.4 is 0 Å². The molecule has 3 rings (SSSR count). The second-order valence-corrected chi connectivity index (χ2v) is 4.01. The van der Waals surface area contributed by atoms with Crippen molar-refractivity contribution in [1.82, 2.24) is 15.1 Å². The molecular formula is C14H9N3O3. The number of hydrogen-bond donors (Lipinski definition) is 1. The van der Waals surface area contributed by atoms with Gasteiger partial charge in [-0.15, -0.1) is 0 Å². The Labute approximate surface area is 113 Å². The van der Waals surface area contributed by atoms with Crippen LogP contribution in [0.3, 0.4) is 0 Å². The molecule has 0 aliphatic heterocycles. The maximum Gasteiger partial charge on any atom is 0.336 e. The van der Waals surface area contributed by atoms with Crippen molar-refractivity contribution in [3.63, 3.8) is 0 Å². The van der Waals surface area contributed by atoms with Crippen molar-refractivity contribution in [2.75, 3.05) is 0 Å². The number of pyridine rings is 1. The van der Waals surface area contributed by atoms with Crippen LogP contribution in [0.15, 0.2) is 53.3 Å². The van der Waals surface area contributed by atoms with Gasteiger partial charge in [0.25, 0.3) is 5.89 Å². The summed E-state index contributed by atoms with van der Waals surface area (Å²) in [6.45, 7) is 0. The number of aromatic nitrogens is 3. The second-order valence-electron chi connectivity index (χ2n) is 4.01. The topological polar surface area (TPSA) is 89.1 Å². The first kappa shape index (κ1) is 12.0. The van der Waals surface area contributed by atoms with Crippen LogP contribution in [0, 0.1) is 0 Å². The summed E-state index contributed by atoms with van der Waals surface area (Å²) in [5.74, 6) is -0.465. The number of hydrogen-bond acceptors (Lipinski definition) is 5. The molecular weight excluding hydrogens is 258 g/mol. The first-order valence-electron chi connectivity index (χ1n) is 5.82. The molecule has 0 unspecified atom stereocenters. The average Bonchev–Trinajstić information content (AvgIpc) is 2.98. The minimum absolute atomic E-state index is 0.134. The molecule has 98 valence electrons. The Morgan fingerprint density at radius 3 is 2.60 bits per heavy atom. The molecule has 0 fully saturated rings. The number of carbonyl (C=O) groups is 1. The second kappa shape index (κ2) is 4.93. The molecule has 1 aromatic carbocycles. The molecule has 3 aromatic rings. The lowest BCUT2D eigenvalue weighted by Gasteiger charge is -1.99. The average molecular weight is 267 g/mol. The Morgan fingerprint density at radius 1 is 1.10 bits per heavy atom. The van der Waals surface area contributed by atoms with Gasteiger partial charge in [-0.2, -0.15) is 4.98 Å². The monoisotopic (exact) mass is 267 g/mol. The standard InChI is InChI=1S/C14H9N3O3/c18-14(19)11-4-2-1-3-10(11)12-16-13(20-17-12)9-5-7-15-8-6-9/h1-8H,(H,18,19). The molecule has 0 atom stereocenters. The van der Waals surface area contributed by atoms with Gasteiger partial charge in [0.15, 0.2) is 0 Å². The van der Waals surface area contributed by atoms with Gasteiger partial charge in [-0.05, 0) is 18.2 Å². The van der Waals surface area contributed by atoms with Crippen molar-refractivity contribution in [1.29, 1.82) is 0 Å². The number of nitrogens with zero attached hydrogens (tertiary/aromatic N) is 3. The van der Waals surface area contributed by atoms with E-state index < -0.39 is 5.97 Å². The number of rotatable bonds is 3. The highest BCUT2D eigenvalue weighted by Crippen LogP contribution is 2.24. The third kappa shape index (κ3) is 2.14. The summed E-state index contributed by atoms with van der Waals surface area (Å²) in [7, 11) is 0. The van der Waals surface area contributed by atoms with Gasteiger partial charge in [0.1, 0.15) is 0 Å². The first-order chi connectivity index (χ1) is 9.75. The molecule has 0 amide bonds. The molecule has 0 spiro atoms. The van der Waals surface area contributed by atoms with E-state index in [0.717, 1.165) is 5.56 Å². The molecule has 0 aliphatic carbocycles. The van der Waals surface area contributed by atoms with Gasteiger partial charge in [0.2, 0.25) is 5.82 Å². The fourth-order valence-corrected chi connectivity index (χ4v) is 1.81. The van der Waals surface area contributed by atoms with Crippen molar-refractivity contribution < 1.29 is 14.4 Å². The van der Waals surface area contributed by atoms with E-state index in [0.29, 0.717) is 11.5 Å². The SMILES string of the molecule is O=C(O)c1ccccc1-c1noc(-c2ccncc2)n1. The zero-order chi connectivity index (χ0) is 13.9. The Morgan fingerprint density at radius 2 is 1.85 bits per heavy atom. The molecule has 20 heavy (non-hydrogen) atoms. The van der Waals surface area contributed by atoms with Crippen LogP contribution >= 0.6 is 0 Å². The van der Waals surface area contributed by atoms with E-state index in [4.69, 9.17) is 9.63 Å². The summed E-state index contributed by atoms with van der Waals surface area (Å²) in [6, 6.07) is 9.99. The van der Waals surface area contributed by atoms with E-state index in [-0.39, 0.29) is 11.4 Å². The Balaban J connectivity index is 2.05. The van der Waals surface area contributed by atoms with Crippen LogP contribution in [0.4, 0.5) is 0 Å². The lowest BCUT2D eigenvalue weighted by Crippen LogP contribution is -1.99. The normalized spacial score (nSPS) is 10.4. The highest BCUT2D eigenvalue weighted by Gasteiger charge is 2.16. The number of carboxylic acids is 1. The van der Waals surface area contributed by atoms with E-state index >= 15 is 0 Å². The molecule has 6 nitrogen and oxygen atoms in total. The van der Waals surface area contributed by atoms with Crippen LogP contribution in [0.25, 0.3) is 22.8 Å². The van der Waals surface area contributed by atoms with Gasteiger partial charge < -0.3 is 9.63 Å². The van der Waals surface area contributed by atoms with Gasteiger partial charge in [-0.1, -0.05) is 23.4 Å². The lowest BCUT2D eigenvalue weighted by atomic mass is 10.1. The molecule has 1 N–H and O–H groups in total. The van der Waals surface area contributed by atoms with E-state index in [1.54, 1.807) is 42.7 Å². The Bertz CT molecular complexity index is 753. The van der Waals surface area contributed by atoms with E-state index in [2.05, 4.69) is 15.1 Å². The summed E-state index contributed by atoms with van der Waals surface area (Å²) in [6.07, 6.45) is 3.23. The number of benzene rings is 1. The molecule has 6 heteroatoms. The molecule has 2 heterocycles. The summed E-state index contributed by atoms with van der Waals surface area (Å²) in [5.41, 5.74) is 1.28. The third-order valence-corrected chi connectivity index (χ3v) is 2.75. The third-order valence-electron chi connectivity index (χ3n) is 2.75. The highest BCUT2D eigenvalue weighted by molar-refractivity contribution is 5.94. The van der Waals surface area contributed by atoms with Gasteiger partial charge >= 0.3 is 5.97 Å². The van der Waals surface area contributed by atoms with Gasteiger partial charge in [0.05, 0.1) is 5.56 Å². The lowest BCUT2D eigenvalue weighted by molar-refractivity contribution is 0.0697. The summed E-state index contributed by atoms with van der Waals surface area (Å²) < 4.78 is 5.16. The largest absolute Gasteiger partial charge is 0.478 e. The summed E-state index contributed by atoms with van der Waals surface area (Å²) in [4.78, 5) is 19.3. The van der Waals surface area contributed by atoms with Crippen molar-refractivity contribution >= 4 is 5.97 Å². The molecule has 0 radical (unpaired) electrons. The fourth-order valence-electron chi connectivity index (χ4n) is 1.81.